The summed E-state index contributed by atoms with van der Waals surface area (Å²) in [6.45, 7) is 3.37. The Morgan fingerprint density at radius 1 is 1.31 bits per heavy atom. The van der Waals surface area contributed by atoms with E-state index in [-0.39, 0.29) is 11.5 Å². The van der Waals surface area contributed by atoms with Gasteiger partial charge in [-0.05, 0) is 31.9 Å². The fourth-order valence-corrected chi connectivity index (χ4v) is 3.73. The van der Waals surface area contributed by atoms with Gasteiger partial charge in [0.15, 0.2) is 5.82 Å². The molecule has 0 bridgehead atoms. The summed E-state index contributed by atoms with van der Waals surface area (Å²) < 4.78 is 6.35. The molecule has 2 aliphatic rings. The third-order valence-corrected chi connectivity index (χ3v) is 5.19. The number of nitrogens with zero attached hydrogens (tertiary/aromatic N) is 3. The highest BCUT2D eigenvalue weighted by Crippen LogP contribution is 2.36. The summed E-state index contributed by atoms with van der Waals surface area (Å²) in [5.74, 6) is 2.60. The van der Waals surface area contributed by atoms with Crippen molar-refractivity contribution in [1.29, 1.82) is 0 Å². The smallest absolute Gasteiger partial charge is 0.223 e. The van der Waals surface area contributed by atoms with Gasteiger partial charge in [0, 0.05) is 37.9 Å². The zero-order valence-corrected chi connectivity index (χ0v) is 15.1. The van der Waals surface area contributed by atoms with Crippen molar-refractivity contribution in [2.75, 3.05) is 13.1 Å². The fraction of sp³-hybridized carbons (Fsp3) is 0.450. The van der Waals surface area contributed by atoms with Crippen LogP contribution < -0.4 is 4.74 Å². The Kier molecular flexibility index (Phi) is 4.49. The minimum atomic E-state index is -0.287. The first-order chi connectivity index (χ1) is 12.6. The second-order valence-corrected chi connectivity index (χ2v) is 7.11. The second-order valence-electron chi connectivity index (χ2n) is 7.11. The van der Waals surface area contributed by atoms with Crippen LogP contribution in [0.2, 0.25) is 0 Å². The van der Waals surface area contributed by atoms with Crippen LogP contribution in [0.25, 0.3) is 6.08 Å². The third-order valence-electron chi connectivity index (χ3n) is 5.19. The summed E-state index contributed by atoms with van der Waals surface area (Å²) in [5.41, 5.74) is 0.835. The van der Waals surface area contributed by atoms with Gasteiger partial charge >= 0.3 is 0 Å². The molecule has 136 valence electrons. The van der Waals surface area contributed by atoms with Crippen molar-refractivity contribution in [3.8, 4) is 5.75 Å². The summed E-state index contributed by atoms with van der Waals surface area (Å²) in [7, 11) is 0. The zero-order chi connectivity index (χ0) is 18.0. The van der Waals surface area contributed by atoms with Crippen LogP contribution >= 0.6 is 0 Å². The van der Waals surface area contributed by atoms with Crippen molar-refractivity contribution < 1.29 is 9.53 Å². The first-order valence-electron chi connectivity index (χ1n) is 9.27. The number of carbonyl (C=O) groups excluding carboxylic acids is 1. The van der Waals surface area contributed by atoms with Crippen LogP contribution in [0.4, 0.5) is 0 Å². The number of H-pyrrole nitrogens is 1. The van der Waals surface area contributed by atoms with Crippen molar-refractivity contribution in [3.05, 3.63) is 47.6 Å². The Bertz CT molecular complexity index is 829. The lowest BCUT2D eigenvalue weighted by Gasteiger charge is -2.34. The van der Waals surface area contributed by atoms with E-state index < -0.39 is 0 Å². The number of hydrogen-bond acceptors (Lipinski definition) is 4. The van der Waals surface area contributed by atoms with Crippen LogP contribution in [-0.4, -0.2) is 44.7 Å². The lowest BCUT2D eigenvalue weighted by molar-refractivity contribution is -0.131. The number of benzene rings is 1. The molecule has 1 atom stereocenters. The molecule has 2 aliphatic heterocycles. The number of aromatic amines is 1. The van der Waals surface area contributed by atoms with Gasteiger partial charge in [-0.15, -0.1) is 0 Å². The van der Waals surface area contributed by atoms with E-state index in [0.29, 0.717) is 18.7 Å². The number of aromatic nitrogens is 3. The average molecular weight is 352 g/mol. The van der Waals surface area contributed by atoms with Crippen LogP contribution in [0, 0.1) is 6.92 Å². The maximum Gasteiger partial charge on any atom is 0.223 e. The van der Waals surface area contributed by atoms with Crippen molar-refractivity contribution in [1.82, 2.24) is 20.1 Å². The fourth-order valence-electron chi connectivity index (χ4n) is 3.73. The number of amides is 1. The predicted octanol–water partition coefficient (Wildman–Crippen LogP) is 2.90. The molecule has 1 amide bonds. The number of fused-ring (bicyclic) bond motifs is 1. The van der Waals surface area contributed by atoms with Gasteiger partial charge in [0.25, 0.3) is 0 Å². The number of para-hydroxylation sites is 1. The molecular weight excluding hydrogens is 328 g/mol. The number of nitrogens with one attached hydrogen (secondary N) is 1. The number of ether oxygens (including phenoxy) is 1. The number of carbonyl (C=O) groups is 1. The standard InChI is InChI=1S/C20H24N4O2/c1-15-21-18(23-22-15)7-8-19(25)24-13-4-10-20(12-14-24)11-9-16-5-2-3-6-17(16)26-20/h2-3,5-6,9,11H,4,7-8,10,12-14H2,1H3,(H,21,22,23). The predicted molar refractivity (Wildman–Crippen MR) is 98.7 cm³/mol. The Balaban J connectivity index is 1.37. The first-order valence-corrected chi connectivity index (χ1v) is 9.27. The van der Waals surface area contributed by atoms with Crippen molar-refractivity contribution >= 4 is 12.0 Å². The first kappa shape index (κ1) is 16.8. The van der Waals surface area contributed by atoms with E-state index in [2.05, 4.69) is 33.4 Å². The summed E-state index contributed by atoms with van der Waals surface area (Å²) >= 11 is 0. The lowest BCUT2D eigenvalue weighted by Crippen LogP contribution is -2.38. The molecule has 3 heterocycles. The van der Waals surface area contributed by atoms with E-state index >= 15 is 0 Å². The Hall–Kier alpha value is -2.63. The van der Waals surface area contributed by atoms with E-state index in [1.165, 1.54) is 0 Å². The molecule has 4 rings (SSSR count). The van der Waals surface area contributed by atoms with Crippen LogP contribution in [0.3, 0.4) is 0 Å². The van der Waals surface area contributed by atoms with E-state index in [1.54, 1.807) is 0 Å². The lowest BCUT2D eigenvalue weighted by atomic mass is 9.91. The maximum absolute atomic E-state index is 12.6. The molecule has 0 aliphatic carbocycles. The quantitative estimate of drug-likeness (QED) is 0.922. The third kappa shape index (κ3) is 3.49. The summed E-state index contributed by atoms with van der Waals surface area (Å²) in [4.78, 5) is 18.8. The summed E-state index contributed by atoms with van der Waals surface area (Å²) in [5, 5.41) is 6.92. The van der Waals surface area contributed by atoms with Crippen molar-refractivity contribution in [3.63, 3.8) is 0 Å². The Morgan fingerprint density at radius 2 is 2.19 bits per heavy atom. The molecule has 6 heteroatoms. The number of likely N-dealkylation sites (tertiary alicyclic amines) is 1. The van der Waals surface area contributed by atoms with Crippen LogP contribution in [0.5, 0.6) is 5.75 Å². The largest absolute Gasteiger partial charge is 0.483 e. The van der Waals surface area contributed by atoms with Crippen LogP contribution in [0.1, 0.15) is 42.9 Å². The molecule has 0 radical (unpaired) electrons. The zero-order valence-electron chi connectivity index (χ0n) is 15.1. The highest BCUT2D eigenvalue weighted by molar-refractivity contribution is 5.76. The average Bonchev–Trinajstić information content (AvgIpc) is 2.96. The van der Waals surface area contributed by atoms with Crippen LogP contribution in [-0.2, 0) is 11.2 Å². The van der Waals surface area contributed by atoms with Gasteiger partial charge in [0.2, 0.25) is 5.91 Å². The highest BCUT2D eigenvalue weighted by atomic mass is 16.5. The topological polar surface area (TPSA) is 71.1 Å². The molecule has 1 spiro atoms. The Morgan fingerprint density at radius 3 is 3.04 bits per heavy atom. The van der Waals surface area contributed by atoms with Gasteiger partial charge in [0.05, 0.1) is 0 Å². The van der Waals surface area contributed by atoms with Crippen molar-refractivity contribution in [2.45, 2.75) is 44.6 Å². The maximum atomic E-state index is 12.6. The molecule has 26 heavy (non-hydrogen) atoms. The molecule has 1 aromatic carbocycles. The molecule has 6 nitrogen and oxygen atoms in total. The molecule has 1 saturated heterocycles. The number of aryl methyl sites for hydroxylation is 2. The molecule has 1 fully saturated rings. The van der Waals surface area contributed by atoms with Gasteiger partial charge < -0.3 is 9.64 Å². The molecule has 1 aromatic heterocycles. The molecule has 2 aromatic rings. The molecule has 1 unspecified atom stereocenters. The molecule has 0 saturated carbocycles. The molecule has 1 N–H and O–H groups in total. The monoisotopic (exact) mass is 352 g/mol. The minimum absolute atomic E-state index is 0.171. The van der Waals surface area contributed by atoms with E-state index in [9.17, 15) is 4.79 Å². The summed E-state index contributed by atoms with van der Waals surface area (Å²) in [6, 6.07) is 8.11. The normalized spacial score (nSPS) is 22.0. The minimum Gasteiger partial charge on any atom is -0.483 e. The van der Waals surface area contributed by atoms with Crippen molar-refractivity contribution in [2.24, 2.45) is 0 Å². The number of rotatable bonds is 3. The van der Waals surface area contributed by atoms with Gasteiger partial charge in [0.1, 0.15) is 17.2 Å². The van der Waals surface area contributed by atoms with E-state index in [1.807, 2.05) is 30.0 Å². The number of hydrogen-bond donors (Lipinski definition) is 1. The van der Waals surface area contributed by atoms with E-state index in [0.717, 1.165) is 49.5 Å². The SMILES string of the molecule is Cc1nc(CCC(=O)N2CCCC3(C=Cc4ccccc4O3)CC2)n[nH]1. The highest BCUT2D eigenvalue weighted by Gasteiger charge is 2.35. The van der Waals surface area contributed by atoms with Gasteiger partial charge in [-0.25, -0.2) is 4.98 Å². The summed E-state index contributed by atoms with van der Waals surface area (Å²) in [6.07, 6.45) is 8.06. The van der Waals surface area contributed by atoms with Crippen LogP contribution in [0.15, 0.2) is 30.3 Å². The molecular formula is C20H24N4O2. The van der Waals surface area contributed by atoms with Gasteiger partial charge in [-0.2, -0.15) is 5.10 Å². The van der Waals surface area contributed by atoms with E-state index in [4.69, 9.17) is 4.74 Å². The van der Waals surface area contributed by atoms with Gasteiger partial charge in [-0.1, -0.05) is 24.3 Å². The second kappa shape index (κ2) is 6.94. The Labute approximate surface area is 153 Å². The van der Waals surface area contributed by atoms with Gasteiger partial charge in [-0.3, -0.25) is 9.89 Å².